The maximum atomic E-state index is 11.8. The van der Waals surface area contributed by atoms with Gasteiger partial charge in [0.15, 0.2) is 6.61 Å². The Morgan fingerprint density at radius 2 is 1.88 bits per heavy atom. The number of amides is 2. The Hall–Kier alpha value is -3.26. The fourth-order valence-electron chi connectivity index (χ4n) is 2.65. The zero-order valence-corrected chi connectivity index (χ0v) is 14.4. The summed E-state index contributed by atoms with van der Waals surface area (Å²) in [5.41, 5.74) is 1.77. The molecule has 2 aromatic rings. The van der Waals surface area contributed by atoms with Crippen LogP contribution in [0.25, 0.3) is 0 Å². The Labute approximate surface area is 153 Å². The van der Waals surface area contributed by atoms with E-state index in [1.807, 2.05) is 42.5 Å². The topological polar surface area (TPSA) is 58.6 Å². The highest BCUT2D eigenvalue weighted by Crippen LogP contribution is 2.23. The largest absolute Gasteiger partial charge is 0.484 e. The number of rotatable bonds is 5. The van der Waals surface area contributed by atoms with Crippen molar-refractivity contribution >= 4 is 17.5 Å². The van der Waals surface area contributed by atoms with E-state index >= 15 is 0 Å². The van der Waals surface area contributed by atoms with E-state index in [-0.39, 0.29) is 25.0 Å². The number of carbonyl (C=O) groups excluding carboxylic acids is 2. The second kappa shape index (κ2) is 8.72. The fraction of sp³-hybridized carbons (Fsp3) is 0.238. The van der Waals surface area contributed by atoms with Crippen LogP contribution < -0.4 is 15.0 Å². The number of carbonyl (C=O) groups is 2. The summed E-state index contributed by atoms with van der Waals surface area (Å²) in [5.74, 6) is 6.38. The summed E-state index contributed by atoms with van der Waals surface area (Å²) >= 11 is 0. The van der Waals surface area contributed by atoms with Gasteiger partial charge in [0.2, 0.25) is 5.91 Å². The predicted octanol–water partition coefficient (Wildman–Crippen LogP) is 2.36. The molecule has 5 heteroatoms. The van der Waals surface area contributed by atoms with Crippen molar-refractivity contribution in [1.29, 1.82) is 0 Å². The minimum atomic E-state index is -0.230. The van der Waals surface area contributed by atoms with Gasteiger partial charge in [-0.3, -0.25) is 9.59 Å². The molecule has 2 amide bonds. The molecule has 26 heavy (non-hydrogen) atoms. The molecular weight excluding hydrogens is 328 g/mol. The molecule has 0 bridgehead atoms. The zero-order valence-electron chi connectivity index (χ0n) is 14.4. The summed E-state index contributed by atoms with van der Waals surface area (Å²) in [6.07, 6.45) is 1.50. The third-order valence-corrected chi connectivity index (χ3v) is 3.97. The highest BCUT2D eigenvalue weighted by atomic mass is 16.5. The number of ether oxygens (including phenoxy) is 1. The maximum Gasteiger partial charge on any atom is 0.258 e. The number of hydrogen-bond acceptors (Lipinski definition) is 3. The summed E-state index contributed by atoms with van der Waals surface area (Å²) in [7, 11) is 0. The zero-order chi connectivity index (χ0) is 18.2. The molecule has 1 heterocycles. The normalized spacial score (nSPS) is 13.1. The van der Waals surface area contributed by atoms with Crippen molar-refractivity contribution in [2.75, 3.05) is 24.6 Å². The van der Waals surface area contributed by atoms with Gasteiger partial charge in [0.1, 0.15) is 5.75 Å². The summed E-state index contributed by atoms with van der Waals surface area (Å²) in [5, 5.41) is 2.69. The number of benzene rings is 2. The highest BCUT2D eigenvalue weighted by molar-refractivity contribution is 5.95. The molecule has 1 fully saturated rings. The van der Waals surface area contributed by atoms with Gasteiger partial charge >= 0.3 is 0 Å². The van der Waals surface area contributed by atoms with Crippen LogP contribution in [0, 0.1) is 11.8 Å². The molecule has 0 aromatic heterocycles. The van der Waals surface area contributed by atoms with Gasteiger partial charge in [-0.25, -0.2) is 0 Å². The van der Waals surface area contributed by atoms with Gasteiger partial charge in [-0.1, -0.05) is 30.0 Å². The first-order valence-electron chi connectivity index (χ1n) is 8.56. The first-order valence-corrected chi connectivity index (χ1v) is 8.56. The van der Waals surface area contributed by atoms with Crippen LogP contribution in [0.4, 0.5) is 5.69 Å². The second-order valence-corrected chi connectivity index (χ2v) is 5.88. The molecule has 0 aliphatic carbocycles. The van der Waals surface area contributed by atoms with Gasteiger partial charge in [0.05, 0.1) is 6.54 Å². The number of nitrogens with zero attached hydrogens (tertiary/aromatic N) is 1. The molecule has 132 valence electrons. The van der Waals surface area contributed by atoms with Crippen LogP contribution in [0.1, 0.15) is 18.4 Å². The molecule has 0 spiro atoms. The molecule has 0 saturated carbocycles. The molecule has 0 unspecified atom stereocenters. The molecule has 1 saturated heterocycles. The lowest BCUT2D eigenvalue weighted by molar-refractivity contribution is -0.122. The average Bonchev–Trinajstić information content (AvgIpc) is 3.11. The summed E-state index contributed by atoms with van der Waals surface area (Å²) in [4.78, 5) is 25.3. The van der Waals surface area contributed by atoms with Crippen LogP contribution in [0.5, 0.6) is 5.75 Å². The lowest BCUT2D eigenvalue weighted by atomic mass is 10.2. The van der Waals surface area contributed by atoms with E-state index in [9.17, 15) is 9.59 Å². The first-order chi connectivity index (χ1) is 12.7. The molecule has 3 rings (SSSR count). The van der Waals surface area contributed by atoms with Crippen molar-refractivity contribution in [2.45, 2.75) is 12.8 Å². The predicted molar refractivity (Wildman–Crippen MR) is 99.9 cm³/mol. The SMILES string of the molecule is O=C(COc1ccc(N2CCCC2=O)cc1)NCC#Cc1ccccc1. The van der Waals surface area contributed by atoms with Gasteiger partial charge in [0.25, 0.3) is 5.91 Å². The van der Waals surface area contributed by atoms with E-state index < -0.39 is 0 Å². The molecule has 2 aromatic carbocycles. The summed E-state index contributed by atoms with van der Waals surface area (Å²) < 4.78 is 5.46. The minimum Gasteiger partial charge on any atom is -0.484 e. The Morgan fingerprint density at radius 3 is 2.58 bits per heavy atom. The maximum absolute atomic E-state index is 11.8. The summed E-state index contributed by atoms with van der Waals surface area (Å²) in [6, 6.07) is 16.8. The van der Waals surface area contributed by atoms with E-state index in [2.05, 4.69) is 17.2 Å². The van der Waals surface area contributed by atoms with Gasteiger partial charge in [0, 0.05) is 24.2 Å². The van der Waals surface area contributed by atoms with Crippen molar-refractivity contribution in [3.05, 3.63) is 60.2 Å². The van der Waals surface area contributed by atoms with Gasteiger partial charge in [-0.2, -0.15) is 0 Å². The molecule has 1 N–H and O–H groups in total. The number of nitrogens with one attached hydrogen (secondary N) is 1. The lowest BCUT2D eigenvalue weighted by Crippen LogP contribution is -2.29. The van der Waals surface area contributed by atoms with Crippen molar-refractivity contribution < 1.29 is 14.3 Å². The standard InChI is InChI=1S/C21H20N2O3/c24-20(22-14-4-8-17-6-2-1-3-7-17)16-26-19-12-10-18(11-13-19)23-15-5-9-21(23)25/h1-3,6-7,10-13H,5,9,14-16H2,(H,22,24). The fourth-order valence-corrected chi connectivity index (χ4v) is 2.65. The Bertz CT molecular complexity index is 820. The Morgan fingerprint density at radius 1 is 1.12 bits per heavy atom. The molecule has 5 nitrogen and oxygen atoms in total. The van der Waals surface area contributed by atoms with Gasteiger partial charge in [-0.05, 0) is 42.8 Å². The quantitative estimate of drug-likeness (QED) is 0.844. The average molecular weight is 348 g/mol. The number of hydrogen-bond donors (Lipinski definition) is 1. The Balaban J connectivity index is 1.41. The van der Waals surface area contributed by atoms with Crippen LogP contribution in [0.15, 0.2) is 54.6 Å². The van der Waals surface area contributed by atoms with Crippen LogP contribution >= 0.6 is 0 Å². The third kappa shape index (κ3) is 4.87. The van der Waals surface area contributed by atoms with Crippen molar-refractivity contribution in [3.8, 4) is 17.6 Å². The number of anilines is 1. The molecule has 1 aliphatic heterocycles. The van der Waals surface area contributed by atoms with Crippen molar-refractivity contribution in [3.63, 3.8) is 0 Å². The van der Waals surface area contributed by atoms with Crippen LogP contribution in [-0.2, 0) is 9.59 Å². The van der Waals surface area contributed by atoms with E-state index in [1.165, 1.54) is 0 Å². The highest BCUT2D eigenvalue weighted by Gasteiger charge is 2.21. The molecule has 1 aliphatic rings. The third-order valence-electron chi connectivity index (χ3n) is 3.97. The summed E-state index contributed by atoms with van der Waals surface area (Å²) in [6.45, 7) is 0.952. The first kappa shape index (κ1) is 17.6. The van der Waals surface area contributed by atoms with Crippen LogP contribution in [-0.4, -0.2) is 31.5 Å². The van der Waals surface area contributed by atoms with E-state index in [1.54, 1.807) is 17.0 Å². The molecular formula is C21H20N2O3. The van der Waals surface area contributed by atoms with E-state index in [0.29, 0.717) is 12.2 Å². The monoisotopic (exact) mass is 348 g/mol. The van der Waals surface area contributed by atoms with Crippen molar-refractivity contribution in [2.24, 2.45) is 0 Å². The molecule has 0 atom stereocenters. The van der Waals surface area contributed by atoms with Gasteiger partial charge in [-0.15, -0.1) is 0 Å². The minimum absolute atomic E-state index is 0.0744. The smallest absolute Gasteiger partial charge is 0.258 e. The lowest BCUT2D eigenvalue weighted by Gasteiger charge is -2.16. The van der Waals surface area contributed by atoms with Crippen LogP contribution in [0.2, 0.25) is 0 Å². The van der Waals surface area contributed by atoms with Crippen LogP contribution in [0.3, 0.4) is 0 Å². The van der Waals surface area contributed by atoms with Gasteiger partial charge < -0.3 is 15.0 Å². The Kier molecular flexibility index (Phi) is 5.89. The van der Waals surface area contributed by atoms with Crippen molar-refractivity contribution in [1.82, 2.24) is 5.32 Å². The van der Waals surface area contributed by atoms with E-state index in [0.717, 1.165) is 24.2 Å². The van der Waals surface area contributed by atoms with E-state index in [4.69, 9.17) is 4.74 Å². The second-order valence-electron chi connectivity index (χ2n) is 5.88. The molecule has 0 radical (unpaired) electrons.